The Kier molecular flexibility index (Phi) is 64.7. The molecule has 0 aliphatic rings. The zero-order valence-corrected chi connectivity index (χ0v) is 52.8. The number of hydrogen-bond donors (Lipinski definition) is 0. The lowest BCUT2D eigenvalue weighted by Crippen LogP contribution is -2.30. The molecule has 0 aromatic carbocycles. The molecule has 0 bridgehead atoms. The monoisotopic (exact) mass is 1110 g/mol. The van der Waals surface area contributed by atoms with Gasteiger partial charge in [-0.3, -0.25) is 14.4 Å². The summed E-state index contributed by atoms with van der Waals surface area (Å²) < 4.78 is 17.0. The van der Waals surface area contributed by atoms with E-state index in [0.29, 0.717) is 19.3 Å². The molecule has 0 heterocycles. The van der Waals surface area contributed by atoms with Crippen LogP contribution in [0.15, 0.2) is 97.2 Å². The van der Waals surface area contributed by atoms with Crippen LogP contribution < -0.4 is 0 Å². The van der Waals surface area contributed by atoms with E-state index in [1.165, 1.54) is 186 Å². The third-order valence-electron chi connectivity index (χ3n) is 14.8. The van der Waals surface area contributed by atoms with Gasteiger partial charge in [0.05, 0.1) is 0 Å². The molecule has 460 valence electrons. The normalized spacial score (nSPS) is 12.7. The fraction of sp³-hybridized carbons (Fsp3) is 0.743. The first-order valence-corrected chi connectivity index (χ1v) is 34.2. The third-order valence-corrected chi connectivity index (χ3v) is 14.8. The number of hydrogen-bond acceptors (Lipinski definition) is 6. The fourth-order valence-electron chi connectivity index (χ4n) is 9.67. The Morgan fingerprint density at radius 1 is 0.263 bits per heavy atom. The van der Waals surface area contributed by atoms with Crippen molar-refractivity contribution in [3.05, 3.63) is 97.2 Å². The molecular weight excluding hydrogens is 985 g/mol. The van der Waals surface area contributed by atoms with Crippen LogP contribution in [0.2, 0.25) is 0 Å². The van der Waals surface area contributed by atoms with Crippen LogP contribution in [-0.2, 0) is 28.6 Å². The molecule has 0 saturated carbocycles. The summed E-state index contributed by atoms with van der Waals surface area (Å²) in [5.41, 5.74) is 0. The van der Waals surface area contributed by atoms with E-state index in [9.17, 15) is 14.4 Å². The molecule has 0 aliphatic carbocycles. The van der Waals surface area contributed by atoms with Gasteiger partial charge in [0.15, 0.2) is 6.10 Å². The number of rotatable bonds is 62. The predicted molar refractivity (Wildman–Crippen MR) is 348 cm³/mol. The molecule has 1 atom stereocenters. The van der Waals surface area contributed by atoms with E-state index in [1.54, 1.807) is 0 Å². The highest BCUT2D eigenvalue weighted by molar-refractivity contribution is 5.71. The van der Waals surface area contributed by atoms with Gasteiger partial charge in [-0.1, -0.05) is 291 Å². The highest BCUT2D eigenvalue weighted by Crippen LogP contribution is 2.17. The number of carbonyl (C=O) groups is 3. The highest BCUT2D eigenvalue weighted by Gasteiger charge is 2.19. The van der Waals surface area contributed by atoms with Crippen LogP contribution in [0.4, 0.5) is 0 Å². The Labute approximate surface area is 496 Å². The van der Waals surface area contributed by atoms with Crippen molar-refractivity contribution in [2.24, 2.45) is 0 Å². The predicted octanol–water partition coefficient (Wildman–Crippen LogP) is 23.6. The molecule has 0 aromatic heterocycles. The maximum atomic E-state index is 12.9. The van der Waals surface area contributed by atoms with Gasteiger partial charge < -0.3 is 14.2 Å². The van der Waals surface area contributed by atoms with Crippen molar-refractivity contribution < 1.29 is 28.6 Å². The molecule has 0 saturated heterocycles. The summed E-state index contributed by atoms with van der Waals surface area (Å²) in [6, 6.07) is 0. The second-order valence-electron chi connectivity index (χ2n) is 22.7. The maximum absolute atomic E-state index is 12.9. The second-order valence-corrected chi connectivity index (χ2v) is 22.7. The summed E-state index contributed by atoms with van der Waals surface area (Å²) in [7, 11) is 0. The van der Waals surface area contributed by atoms with Gasteiger partial charge in [-0.25, -0.2) is 0 Å². The molecule has 0 spiro atoms. The summed E-state index contributed by atoms with van der Waals surface area (Å²) in [6.45, 7) is 6.52. The fourth-order valence-corrected chi connectivity index (χ4v) is 9.67. The van der Waals surface area contributed by atoms with Crippen molar-refractivity contribution in [1.82, 2.24) is 0 Å². The van der Waals surface area contributed by atoms with Gasteiger partial charge in [0, 0.05) is 19.3 Å². The van der Waals surface area contributed by atoms with Crippen LogP contribution >= 0.6 is 0 Å². The van der Waals surface area contributed by atoms with Crippen molar-refractivity contribution in [1.29, 1.82) is 0 Å². The van der Waals surface area contributed by atoms with Crippen molar-refractivity contribution >= 4 is 17.9 Å². The number of unbranched alkanes of at least 4 members (excludes halogenated alkanes) is 35. The van der Waals surface area contributed by atoms with Gasteiger partial charge in [-0.15, -0.1) is 0 Å². The van der Waals surface area contributed by atoms with E-state index >= 15 is 0 Å². The van der Waals surface area contributed by atoms with Crippen molar-refractivity contribution in [3.8, 4) is 0 Å². The lowest BCUT2D eigenvalue weighted by Gasteiger charge is -2.18. The van der Waals surface area contributed by atoms with Gasteiger partial charge >= 0.3 is 17.9 Å². The minimum absolute atomic E-state index is 0.0824. The third kappa shape index (κ3) is 65.1. The number of esters is 3. The Balaban J connectivity index is 4.30. The van der Waals surface area contributed by atoms with Crippen LogP contribution in [-0.4, -0.2) is 37.2 Å². The van der Waals surface area contributed by atoms with Crippen LogP contribution in [0.1, 0.15) is 335 Å². The number of allylic oxidation sites excluding steroid dienone is 16. The van der Waals surface area contributed by atoms with Crippen LogP contribution in [0, 0.1) is 0 Å². The quantitative estimate of drug-likeness (QED) is 0.0261. The molecule has 1 unspecified atom stereocenters. The largest absolute Gasteiger partial charge is 0.462 e. The Morgan fingerprint density at radius 3 is 0.787 bits per heavy atom. The summed E-state index contributed by atoms with van der Waals surface area (Å²) in [6.07, 6.45) is 91.3. The summed E-state index contributed by atoms with van der Waals surface area (Å²) >= 11 is 0. The average Bonchev–Trinajstić information content (AvgIpc) is 3.46. The lowest BCUT2D eigenvalue weighted by atomic mass is 10.0. The molecule has 6 nitrogen and oxygen atoms in total. The minimum atomic E-state index is -0.787. The van der Waals surface area contributed by atoms with E-state index in [4.69, 9.17) is 14.2 Å². The van der Waals surface area contributed by atoms with Crippen molar-refractivity contribution in [2.75, 3.05) is 13.2 Å². The van der Waals surface area contributed by atoms with Gasteiger partial charge in [0.2, 0.25) is 0 Å². The van der Waals surface area contributed by atoms with Gasteiger partial charge in [0.1, 0.15) is 13.2 Å². The topological polar surface area (TPSA) is 78.9 Å². The molecule has 0 fully saturated rings. The van der Waals surface area contributed by atoms with E-state index in [-0.39, 0.29) is 31.1 Å². The SMILES string of the molecule is CC/C=C\C/C=C\C/C=C\C/C=C\C/C=C\CCCCCCCCCCCCCCCC(=O)OCC(COC(=O)CCCCCCC/C=C\C/C=C\CCCCCC)OC(=O)CCCCCCCCC/C=C\CCCCCCCC. The Bertz CT molecular complexity index is 1560. The van der Waals surface area contributed by atoms with Gasteiger partial charge in [0.25, 0.3) is 0 Å². The van der Waals surface area contributed by atoms with Gasteiger partial charge in [-0.2, -0.15) is 0 Å². The zero-order chi connectivity index (χ0) is 57.8. The molecule has 0 N–H and O–H groups in total. The zero-order valence-electron chi connectivity index (χ0n) is 52.8. The summed E-state index contributed by atoms with van der Waals surface area (Å²) in [4.78, 5) is 38.4. The first-order valence-electron chi connectivity index (χ1n) is 34.2. The average molecular weight is 1110 g/mol. The number of carbonyl (C=O) groups excluding carboxylic acids is 3. The van der Waals surface area contributed by atoms with E-state index in [0.717, 1.165) is 109 Å². The summed E-state index contributed by atoms with van der Waals surface area (Å²) in [5.74, 6) is -0.888. The molecule has 6 heteroatoms. The Hall–Kier alpha value is -3.67. The first kappa shape index (κ1) is 76.3. The van der Waals surface area contributed by atoms with E-state index in [1.807, 2.05) is 0 Å². The Morgan fingerprint density at radius 2 is 0.487 bits per heavy atom. The highest BCUT2D eigenvalue weighted by atomic mass is 16.6. The molecule has 0 rings (SSSR count). The smallest absolute Gasteiger partial charge is 0.306 e. The van der Waals surface area contributed by atoms with E-state index < -0.39 is 6.10 Å². The minimum Gasteiger partial charge on any atom is -0.462 e. The maximum Gasteiger partial charge on any atom is 0.306 e. The van der Waals surface area contributed by atoms with Crippen molar-refractivity contribution in [2.45, 2.75) is 341 Å². The summed E-state index contributed by atoms with van der Waals surface area (Å²) in [5, 5.41) is 0. The molecule has 0 aromatic rings. The van der Waals surface area contributed by atoms with Crippen LogP contribution in [0.25, 0.3) is 0 Å². The van der Waals surface area contributed by atoms with Gasteiger partial charge in [-0.05, 0) is 122 Å². The molecule has 80 heavy (non-hydrogen) atoms. The molecule has 0 radical (unpaired) electrons. The molecule has 0 aliphatic heterocycles. The molecule has 0 amide bonds. The lowest BCUT2D eigenvalue weighted by molar-refractivity contribution is -0.167. The molecular formula is C74H128O6. The van der Waals surface area contributed by atoms with E-state index in [2.05, 4.69) is 118 Å². The van der Waals surface area contributed by atoms with Crippen LogP contribution in [0.3, 0.4) is 0 Å². The van der Waals surface area contributed by atoms with Crippen LogP contribution in [0.5, 0.6) is 0 Å². The standard InChI is InChI=1S/C74H128O6/c1-4-7-10-13-16-19-22-25-28-31-32-33-34-35-36-37-38-39-40-41-42-44-46-49-52-55-58-61-64-67-73(76)79-70-71(69-78-72(75)66-63-60-57-54-51-48-45-30-27-24-21-18-15-12-9-6-3)80-74(77)68-65-62-59-56-53-50-47-43-29-26-23-20-17-14-11-8-5-2/h7,10,16,19,21,24-26,28-30,32-33,35-36,45,71H,4-6,8-9,11-15,17-18,20,22-23,27,31,34,37-44,46-70H2,1-3H3/b10-7-,19-16-,24-21-,28-25-,29-26-,33-32-,36-35-,45-30-. The number of ether oxygens (including phenoxy) is 3. The first-order chi connectivity index (χ1) is 39.5. The second kappa shape index (κ2) is 67.8. The van der Waals surface area contributed by atoms with Crippen molar-refractivity contribution in [3.63, 3.8) is 0 Å².